The van der Waals surface area contributed by atoms with Crippen molar-refractivity contribution >= 4 is 0 Å². The average molecular weight is 366 g/mol. The zero-order valence-corrected chi connectivity index (χ0v) is 15.9. The fourth-order valence-corrected chi connectivity index (χ4v) is 3.62. The summed E-state index contributed by atoms with van der Waals surface area (Å²) in [7, 11) is 3.78. The Kier molecular flexibility index (Phi) is 7.16. The topological polar surface area (TPSA) is 24.9 Å². The number of likely N-dealkylation sites (N-methyl/N-ethyl adjacent to an activating group) is 1. The van der Waals surface area contributed by atoms with E-state index in [-0.39, 0.29) is 25.2 Å². The van der Waals surface area contributed by atoms with E-state index in [1.165, 1.54) is 0 Å². The van der Waals surface area contributed by atoms with Crippen LogP contribution >= 0.6 is 0 Å². The van der Waals surface area contributed by atoms with Crippen molar-refractivity contribution in [2.24, 2.45) is 5.41 Å². The molecule has 0 aromatic heterocycles. The second-order valence-electron chi connectivity index (χ2n) is 7.90. The molecule has 1 saturated carbocycles. The Morgan fingerprint density at radius 1 is 1.36 bits per heavy atom. The van der Waals surface area contributed by atoms with E-state index >= 15 is 0 Å². The first kappa shape index (κ1) is 20.9. The zero-order chi connectivity index (χ0) is 18.7. The minimum absolute atomic E-state index is 0.0251. The van der Waals surface area contributed by atoms with E-state index in [9.17, 15) is 13.2 Å². The summed E-state index contributed by atoms with van der Waals surface area (Å²) in [6, 6.07) is 0.134. The maximum absolute atomic E-state index is 13.7. The van der Waals surface area contributed by atoms with Crippen molar-refractivity contribution in [3.05, 3.63) is 0 Å². The number of hydrogen-bond acceptors (Lipinski definition) is 4. The predicted molar refractivity (Wildman–Crippen MR) is 91.9 cm³/mol. The molecule has 0 spiro atoms. The number of halogens is 3. The molecule has 2 aliphatic rings. The van der Waals surface area contributed by atoms with Gasteiger partial charge in [0.2, 0.25) is 0 Å². The van der Waals surface area contributed by atoms with Crippen molar-refractivity contribution in [2.75, 3.05) is 53.6 Å². The smallest absolute Gasteiger partial charge is 0.258 e. The van der Waals surface area contributed by atoms with Crippen LogP contribution in [0.5, 0.6) is 0 Å². The van der Waals surface area contributed by atoms with Gasteiger partial charge in [0, 0.05) is 38.7 Å². The van der Waals surface area contributed by atoms with Crippen LogP contribution in [-0.2, 0) is 9.47 Å². The van der Waals surface area contributed by atoms with E-state index in [0.717, 1.165) is 6.42 Å². The van der Waals surface area contributed by atoms with Gasteiger partial charge in [-0.25, -0.2) is 13.2 Å². The first-order valence-electron chi connectivity index (χ1n) is 9.29. The molecule has 0 radical (unpaired) electrons. The van der Waals surface area contributed by atoms with Gasteiger partial charge in [-0.15, -0.1) is 0 Å². The van der Waals surface area contributed by atoms with Gasteiger partial charge in [0.1, 0.15) is 6.17 Å². The molecule has 2 fully saturated rings. The molecular weight excluding hydrogens is 333 g/mol. The quantitative estimate of drug-likeness (QED) is 0.561. The summed E-state index contributed by atoms with van der Waals surface area (Å²) in [4.78, 5) is 3.94. The third-order valence-electron chi connectivity index (χ3n) is 5.49. The Morgan fingerprint density at radius 2 is 2.04 bits per heavy atom. The molecule has 148 valence electrons. The molecule has 4 nitrogen and oxygen atoms in total. The minimum atomic E-state index is -2.62. The van der Waals surface area contributed by atoms with Crippen LogP contribution in [0.25, 0.3) is 0 Å². The van der Waals surface area contributed by atoms with Crippen molar-refractivity contribution in [2.45, 2.75) is 57.3 Å². The molecule has 2 unspecified atom stereocenters. The van der Waals surface area contributed by atoms with E-state index in [0.29, 0.717) is 39.3 Å². The predicted octanol–water partition coefficient (Wildman–Crippen LogP) is 2.82. The van der Waals surface area contributed by atoms with Gasteiger partial charge < -0.3 is 14.4 Å². The molecule has 1 aliphatic heterocycles. The van der Waals surface area contributed by atoms with Crippen LogP contribution in [-0.4, -0.2) is 87.6 Å². The molecule has 0 amide bonds. The molecule has 0 aromatic carbocycles. The van der Waals surface area contributed by atoms with Crippen molar-refractivity contribution in [1.82, 2.24) is 9.80 Å². The SMILES string of the molecule is CCOCC1(CN(C)CCC(C)OC[C@@H]2C[C@@H](F)CN2C)CC1(F)F. The molecule has 4 atom stereocenters. The van der Waals surface area contributed by atoms with Crippen LogP contribution in [0.3, 0.4) is 0 Å². The van der Waals surface area contributed by atoms with Crippen LogP contribution < -0.4 is 0 Å². The summed E-state index contributed by atoms with van der Waals surface area (Å²) in [5.74, 6) is -2.62. The fourth-order valence-electron chi connectivity index (χ4n) is 3.62. The van der Waals surface area contributed by atoms with Gasteiger partial charge in [-0.1, -0.05) is 0 Å². The molecule has 2 rings (SSSR count). The normalized spacial score (nSPS) is 33.1. The van der Waals surface area contributed by atoms with E-state index < -0.39 is 17.5 Å². The highest BCUT2D eigenvalue weighted by Gasteiger charge is 2.71. The average Bonchev–Trinajstić information content (AvgIpc) is 2.89. The van der Waals surface area contributed by atoms with E-state index in [2.05, 4.69) is 0 Å². The molecule has 0 N–H and O–H groups in total. The summed E-state index contributed by atoms with van der Waals surface area (Å²) >= 11 is 0. The molecular formula is C18H33F3N2O2. The molecule has 1 saturated heterocycles. The van der Waals surface area contributed by atoms with Crippen LogP contribution in [0.1, 0.15) is 33.1 Å². The van der Waals surface area contributed by atoms with Gasteiger partial charge in [0.25, 0.3) is 5.92 Å². The number of alkyl halides is 3. The van der Waals surface area contributed by atoms with E-state index in [4.69, 9.17) is 9.47 Å². The van der Waals surface area contributed by atoms with Gasteiger partial charge in [0.05, 0.1) is 24.7 Å². The molecule has 0 bridgehead atoms. The summed E-state index contributed by atoms with van der Waals surface area (Å²) in [5.41, 5.74) is -1.02. The zero-order valence-electron chi connectivity index (χ0n) is 15.9. The third-order valence-corrected chi connectivity index (χ3v) is 5.49. The Hall–Kier alpha value is -0.370. The van der Waals surface area contributed by atoms with Crippen LogP contribution in [0.2, 0.25) is 0 Å². The minimum Gasteiger partial charge on any atom is -0.381 e. The molecule has 1 heterocycles. The number of ether oxygens (including phenoxy) is 2. The van der Waals surface area contributed by atoms with Crippen molar-refractivity contribution < 1.29 is 22.6 Å². The third kappa shape index (κ3) is 5.55. The highest BCUT2D eigenvalue weighted by atomic mass is 19.3. The molecule has 7 heteroatoms. The number of rotatable bonds is 11. The van der Waals surface area contributed by atoms with Crippen LogP contribution in [0, 0.1) is 5.41 Å². The molecule has 0 aromatic rings. The van der Waals surface area contributed by atoms with Gasteiger partial charge in [-0.2, -0.15) is 0 Å². The van der Waals surface area contributed by atoms with E-state index in [1.807, 2.05) is 37.7 Å². The van der Waals surface area contributed by atoms with Gasteiger partial charge in [-0.3, -0.25) is 4.90 Å². The molecule has 25 heavy (non-hydrogen) atoms. The van der Waals surface area contributed by atoms with E-state index in [1.54, 1.807) is 0 Å². The van der Waals surface area contributed by atoms with Crippen molar-refractivity contribution in [1.29, 1.82) is 0 Å². The first-order chi connectivity index (χ1) is 11.7. The Balaban J connectivity index is 1.66. The summed E-state index contributed by atoms with van der Waals surface area (Å²) in [5, 5.41) is 0. The van der Waals surface area contributed by atoms with Crippen molar-refractivity contribution in [3.8, 4) is 0 Å². The standard InChI is InChI=1S/C18H33F3N2O2/c1-5-24-13-17(11-18(17,20)21)12-22(3)7-6-14(2)25-10-16-8-15(19)9-23(16)4/h14-16H,5-13H2,1-4H3/t14?,15-,16+,17?/m1/s1. The fraction of sp³-hybridized carbons (Fsp3) is 1.00. The number of likely N-dealkylation sites (tertiary alicyclic amines) is 1. The second-order valence-corrected chi connectivity index (χ2v) is 7.90. The van der Waals surface area contributed by atoms with Crippen LogP contribution in [0.4, 0.5) is 13.2 Å². The van der Waals surface area contributed by atoms with Crippen LogP contribution in [0.15, 0.2) is 0 Å². The lowest BCUT2D eigenvalue weighted by atomic mass is 10.1. The Bertz CT molecular complexity index is 427. The Labute approximate surface area is 149 Å². The Morgan fingerprint density at radius 3 is 2.56 bits per heavy atom. The van der Waals surface area contributed by atoms with Crippen molar-refractivity contribution in [3.63, 3.8) is 0 Å². The molecule has 1 aliphatic carbocycles. The number of hydrogen-bond donors (Lipinski definition) is 0. The highest BCUT2D eigenvalue weighted by Crippen LogP contribution is 2.60. The van der Waals surface area contributed by atoms with Gasteiger partial charge >= 0.3 is 0 Å². The lowest BCUT2D eigenvalue weighted by molar-refractivity contribution is -0.00604. The largest absolute Gasteiger partial charge is 0.381 e. The maximum Gasteiger partial charge on any atom is 0.258 e. The summed E-state index contributed by atoms with van der Waals surface area (Å²) in [6.45, 7) is 6.41. The lowest BCUT2D eigenvalue weighted by Gasteiger charge is -2.26. The first-order valence-corrected chi connectivity index (χ1v) is 9.29. The number of nitrogens with zero attached hydrogens (tertiary/aromatic N) is 2. The maximum atomic E-state index is 13.7. The lowest BCUT2D eigenvalue weighted by Crippen LogP contribution is -2.36. The van der Waals surface area contributed by atoms with Gasteiger partial charge in [-0.05, 0) is 40.8 Å². The van der Waals surface area contributed by atoms with Gasteiger partial charge in [0.15, 0.2) is 0 Å². The monoisotopic (exact) mass is 366 g/mol. The highest BCUT2D eigenvalue weighted by molar-refractivity contribution is 5.11. The summed E-state index contributed by atoms with van der Waals surface area (Å²) < 4.78 is 51.9. The second kappa shape index (κ2) is 8.55. The summed E-state index contributed by atoms with van der Waals surface area (Å²) in [6.07, 6.45) is 0.466.